The van der Waals surface area contributed by atoms with E-state index in [1.807, 2.05) is 6.92 Å². The molecule has 0 amide bonds. The summed E-state index contributed by atoms with van der Waals surface area (Å²) in [5.41, 5.74) is 0. The van der Waals surface area contributed by atoms with Crippen molar-refractivity contribution >= 4 is 0 Å². The van der Waals surface area contributed by atoms with Gasteiger partial charge in [-0.1, -0.05) is 6.92 Å². The van der Waals surface area contributed by atoms with Crippen molar-refractivity contribution in [2.75, 3.05) is 19.9 Å². The molecule has 0 unspecified atom stereocenters. The smallest absolute Gasteiger partial charge is 0.160 e. The van der Waals surface area contributed by atoms with Gasteiger partial charge in [0.2, 0.25) is 0 Å². The lowest BCUT2D eigenvalue weighted by atomic mass is 10.2. The maximum Gasteiger partial charge on any atom is 0.160 e. The van der Waals surface area contributed by atoms with Crippen LogP contribution in [0.3, 0.4) is 0 Å². The molecule has 0 spiro atoms. The van der Waals surface area contributed by atoms with E-state index in [-0.39, 0.29) is 13.0 Å². The predicted octanol–water partition coefficient (Wildman–Crippen LogP) is 1.35. The van der Waals surface area contributed by atoms with E-state index >= 15 is 0 Å². The Balaban J connectivity index is 2.13. The van der Waals surface area contributed by atoms with E-state index in [9.17, 15) is 4.39 Å². The quantitative estimate of drug-likeness (QED) is 0.588. The van der Waals surface area contributed by atoms with Gasteiger partial charge in [0, 0.05) is 12.3 Å². The minimum Gasteiger partial charge on any atom is -0.352 e. The standard InChI is InChI=1S/C7H13FO2/c1-6-4-9-7(2-3-8)10-5-6/h6-7H,2-5H2,1H3. The van der Waals surface area contributed by atoms with E-state index in [4.69, 9.17) is 9.47 Å². The van der Waals surface area contributed by atoms with Crippen molar-refractivity contribution in [1.29, 1.82) is 0 Å². The highest BCUT2D eigenvalue weighted by Crippen LogP contribution is 2.12. The monoisotopic (exact) mass is 148 g/mol. The van der Waals surface area contributed by atoms with Crippen LogP contribution in [0.4, 0.5) is 4.39 Å². The van der Waals surface area contributed by atoms with Crippen LogP contribution < -0.4 is 0 Å². The highest BCUT2D eigenvalue weighted by Gasteiger charge is 2.18. The predicted molar refractivity (Wildman–Crippen MR) is 35.4 cm³/mol. The summed E-state index contributed by atoms with van der Waals surface area (Å²) in [6, 6.07) is 0. The number of hydrogen-bond donors (Lipinski definition) is 0. The summed E-state index contributed by atoms with van der Waals surface area (Å²) < 4.78 is 22.1. The van der Waals surface area contributed by atoms with Crippen LogP contribution in [-0.2, 0) is 9.47 Å². The molecule has 1 aliphatic heterocycles. The molecule has 0 bridgehead atoms. The molecule has 0 atom stereocenters. The minimum absolute atomic E-state index is 0.291. The zero-order chi connectivity index (χ0) is 7.40. The van der Waals surface area contributed by atoms with Crippen LogP contribution in [0.1, 0.15) is 13.3 Å². The Morgan fingerprint density at radius 3 is 2.50 bits per heavy atom. The normalized spacial score (nSPS) is 34.2. The summed E-state index contributed by atoms with van der Waals surface area (Å²) in [4.78, 5) is 0. The molecule has 1 saturated heterocycles. The number of hydrogen-bond acceptors (Lipinski definition) is 2. The van der Waals surface area contributed by atoms with Crippen LogP contribution in [-0.4, -0.2) is 26.2 Å². The first-order chi connectivity index (χ1) is 4.83. The maximum atomic E-state index is 11.7. The van der Waals surface area contributed by atoms with Crippen molar-refractivity contribution in [3.63, 3.8) is 0 Å². The fourth-order valence-corrected chi connectivity index (χ4v) is 0.895. The second-order valence-electron chi connectivity index (χ2n) is 2.68. The van der Waals surface area contributed by atoms with Gasteiger partial charge in [0.25, 0.3) is 0 Å². The molecular weight excluding hydrogens is 135 g/mol. The molecule has 1 rings (SSSR count). The van der Waals surface area contributed by atoms with Crippen molar-refractivity contribution in [3.8, 4) is 0 Å². The van der Waals surface area contributed by atoms with E-state index in [1.54, 1.807) is 0 Å². The van der Waals surface area contributed by atoms with Crippen LogP contribution in [0.25, 0.3) is 0 Å². The Kier molecular flexibility index (Phi) is 3.09. The first-order valence-electron chi connectivity index (χ1n) is 3.62. The van der Waals surface area contributed by atoms with E-state index in [2.05, 4.69) is 0 Å². The summed E-state index contributed by atoms with van der Waals surface area (Å²) in [7, 11) is 0. The molecule has 0 radical (unpaired) electrons. The molecule has 1 fully saturated rings. The van der Waals surface area contributed by atoms with Gasteiger partial charge in [-0.2, -0.15) is 0 Å². The Morgan fingerprint density at radius 1 is 1.40 bits per heavy atom. The number of ether oxygens (including phenoxy) is 2. The lowest BCUT2D eigenvalue weighted by Crippen LogP contribution is -2.30. The van der Waals surface area contributed by atoms with Gasteiger partial charge in [0.1, 0.15) is 0 Å². The molecule has 1 heterocycles. The summed E-state index contributed by atoms with van der Waals surface area (Å²) >= 11 is 0. The minimum atomic E-state index is -0.362. The highest BCUT2D eigenvalue weighted by atomic mass is 19.1. The molecule has 60 valence electrons. The van der Waals surface area contributed by atoms with Crippen molar-refractivity contribution in [3.05, 3.63) is 0 Å². The van der Waals surface area contributed by atoms with Crippen LogP contribution >= 0.6 is 0 Å². The van der Waals surface area contributed by atoms with Gasteiger partial charge in [-0.25, -0.2) is 0 Å². The third-order valence-electron chi connectivity index (χ3n) is 1.48. The second-order valence-corrected chi connectivity index (χ2v) is 2.68. The van der Waals surface area contributed by atoms with Gasteiger partial charge in [0.05, 0.1) is 19.9 Å². The lowest BCUT2D eigenvalue weighted by Gasteiger charge is -2.26. The molecule has 3 heteroatoms. The van der Waals surface area contributed by atoms with E-state index in [0.29, 0.717) is 25.6 Å². The average molecular weight is 148 g/mol. The van der Waals surface area contributed by atoms with Gasteiger partial charge in [-0.05, 0) is 0 Å². The molecule has 10 heavy (non-hydrogen) atoms. The number of rotatable bonds is 2. The van der Waals surface area contributed by atoms with Gasteiger partial charge in [0.15, 0.2) is 6.29 Å². The third kappa shape index (κ3) is 2.23. The topological polar surface area (TPSA) is 18.5 Å². The molecule has 1 aliphatic rings. The van der Waals surface area contributed by atoms with Gasteiger partial charge >= 0.3 is 0 Å². The highest BCUT2D eigenvalue weighted by molar-refractivity contribution is 4.57. The lowest BCUT2D eigenvalue weighted by molar-refractivity contribution is -0.200. The Morgan fingerprint density at radius 2 is 2.00 bits per heavy atom. The van der Waals surface area contributed by atoms with Gasteiger partial charge in [-0.15, -0.1) is 0 Å². The Hall–Kier alpha value is -0.150. The zero-order valence-electron chi connectivity index (χ0n) is 6.18. The molecule has 0 aromatic rings. The van der Waals surface area contributed by atoms with Gasteiger partial charge < -0.3 is 9.47 Å². The van der Waals surface area contributed by atoms with Crippen LogP contribution in [0.5, 0.6) is 0 Å². The molecule has 0 N–H and O–H groups in total. The summed E-state index contributed by atoms with van der Waals surface area (Å²) in [6.07, 6.45) is 0.0772. The maximum absolute atomic E-state index is 11.7. The van der Waals surface area contributed by atoms with Crippen LogP contribution in [0.15, 0.2) is 0 Å². The first-order valence-corrected chi connectivity index (χ1v) is 3.62. The number of halogens is 1. The second kappa shape index (κ2) is 3.88. The SMILES string of the molecule is CC1COC(CCF)OC1. The fourth-order valence-electron chi connectivity index (χ4n) is 0.895. The zero-order valence-corrected chi connectivity index (χ0v) is 6.18. The Labute approximate surface area is 60.3 Å². The van der Waals surface area contributed by atoms with Gasteiger partial charge in [-0.3, -0.25) is 4.39 Å². The summed E-state index contributed by atoms with van der Waals surface area (Å²) in [5.74, 6) is 0.455. The number of alkyl halides is 1. The van der Waals surface area contributed by atoms with Crippen molar-refractivity contribution in [2.24, 2.45) is 5.92 Å². The first kappa shape index (κ1) is 7.95. The molecule has 0 aromatic carbocycles. The third-order valence-corrected chi connectivity index (χ3v) is 1.48. The van der Waals surface area contributed by atoms with Crippen molar-refractivity contribution in [2.45, 2.75) is 19.6 Å². The van der Waals surface area contributed by atoms with E-state index in [1.165, 1.54) is 0 Å². The fraction of sp³-hybridized carbons (Fsp3) is 1.00. The summed E-state index contributed by atoms with van der Waals surface area (Å²) in [5, 5.41) is 0. The van der Waals surface area contributed by atoms with Crippen LogP contribution in [0, 0.1) is 5.92 Å². The molecule has 2 nitrogen and oxygen atoms in total. The molecule has 0 aliphatic carbocycles. The van der Waals surface area contributed by atoms with E-state index in [0.717, 1.165) is 0 Å². The molecule has 0 aromatic heterocycles. The summed E-state index contributed by atoms with van der Waals surface area (Å²) in [6.45, 7) is 3.08. The molecule has 0 saturated carbocycles. The van der Waals surface area contributed by atoms with E-state index < -0.39 is 0 Å². The van der Waals surface area contributed by atoms with Crippen molar-refractivity contribution < 1.29 is 13.9 Å². The molecular formula is C7H13FO2. The average Bonchev–Trinajstić information content (AvgIpc) is 1.95. The Bertz CT molecular complexity index is 89.6. The van der Waals surface area contributed by atoms with Crippen LogP contribution in [0.2, 0.25) is 0 Å². The largest absolute Gasteiger partial charge is 0.352 e. The van der Waals surface area contributed by atoms with Crippen molar-refractivity contribution in [1.82, 2.24) is 0 Å².